The highest BCUT2D eigenvalue weighted by Crippen LogP contribution is 2.09. The Morgan fingerprint density at radius 3 is 2.43 bits per heavy atom. The largest absolute Gasteiger partial charge is 0.480 e. The number of carboxylic acids is 1. The molecule has 23 heavy (non-hydrogen) atoms. The number of halogens is 1. The van der Waals surface area contributed by atoms with E-state index in [0.717, 1.165) is 24.3 Å². The van der Waals surface area contributed by atoms with Crippen molar-refractivity contribution in [3.63, 3.8) is 0 Å². The van der Waals surface area contributed by atoms with Crippen molar-refractivity contribution in [2.75, 3.05) is 6.54 Å². The van der Waals surface area contributed by atoms with Gasteiger partial charge in [-0.3, -0.25) is 9.79 Å². The van der Waals surface area contributed by atoms with Crippen molar-refractivity contribution < 1.29 is 22.7 Å². The van der Waals surface area contributed by atoms with Crippen LogP contribution in [0.4, 0.5) is 4.39 Å². The lowest BCUT2D eigenvalue weighted by Crippen LogP contribution is -2.48. The molecule has 1 aromatic carbocycles. The minimum absolute atomic E-state index is 0.0953. The number of rotatable bonds is 9. The number of sulfonamides is 1. The Kier molecular flexibility index (Phi) is 6.88. The number of hydrogen-bond acceptors (Lipinski definition) is 5. The maximum absolute atomic E-state index is 12.8. The van der Waals surface area contributed by atoms with Gasteiger partial charge in [-0.15, -0.1) is 4.83 Å². The first kappa shape index (κ1) is 18.8. The van der Waals surface area contributed by atoms with Crippen molar-refractivity contribution >= 4 is 22.0 Å². The van der Waals surface area contributed by atoms with Gasteiger partial charge in [0.15, 0.2) is 5.96 Å². The van der Waals surface area contributed by atoms with Gasteiger partial charge in [-0.2, -0.15) is 0 Å². The van der Waals surface area contributed by atoms with Crippen LogP contribution in [0.2, 0.25) is 0 Å². The number of hydrogen-bond donors (Lipinski definition) is 5. The molecule has 1 aromatic rings. The van der Waals surface area contributed by atoms with Crippen molar-refractivity contribution in [1.29, 1.82) is 0 Å². The molecule has 0 amide bonds. The summed E-state index contributed by atoms with van der Waals surface area (Å²) in [6.07, 6.45) is 0.429. The number of hydrazine groups is 1. The molecule has 0 saturated heterocycles. The van der Waals surface area contributed by atoms with Gasteiger partial charge in [0.1, 0.15) is 11.9 Å². The second kappa shape index (κ2) is 8.41. The third-order valence-electron chi connectivity index (χ3n) is 2.73. The topological polar surface area (TPSA) is 160 Å². The number of carbonyl (C=O) groups is 1. The van der Waals surface area contributed by atoms with Crippen molar-refractivity contribution in [2.24, 2.45) is 16.5 Å². The summed E-state index contributed by atoms with van der Waals surface area (Å²) < 4.78 is 36.7. The molecule has 0 aliphatic carbocycles. The van der Waals surface area contributed by atoms with E-state index < -0.39 is 27.9 Å². The van der Waals surface area contributed by atoms with Crippen LogP contribution in [0.3, 0.4) is 0 Å². The molecule has 0 unspecified atom stereocenters. The van der Waals surface area contributed by atoms with Crippen LogP contribution < -0.4 is 21.7 Å². The maximum atomic E-state index is 12.8. The molecule has 9 nitrogen and oxygen atoms in total. The average Bonchev–Trinajstić information content (AvgIpc) is 2.46. The van der Waals surface area contributed by atoms with Crippen LogP contribution in [0, 0.1) is 5.82 Å². The number of nitrogens with one attached hydrogen (secondary N) is 2. The minimum atomic E-state index is -4.01. The summed E-state index contributed by atoms with van der Waals surface area (Å²) in [6, 6.07) is 2.93. The zero-order chi connectivity index (χ0) is 17.5. The number of guanidine groups is 1. The Morgan fingerprint density at radius 1 is 1.30 bits per heavy atom. The Morgan fingerprint density at radius 2 is 1.91 bits per heavy atom. The van der Waals surface area contributed by atoms with E-state index in [1.54, 1.807) is 0 Å². The van der Waals surface area contributed by atoms with Crippen molar-refractivity contribution in [1.82, 2.24) is 10.3 Å². The van der Waals surface area contributed by atoms with Gasteiger partial charge < -0.3 is 16.6 Å². The second-order valence-corrected chi connectivity index (χ2v) is 6.23. The number of benzene rings is 1. The summed E-state index contributed by atoms with van der Waals surface area (Å²) in [5.41, 5.74) is 12.5. The highest BCUT2D eigenvalue weighted by Gasteiger charge is 2.20. The van der Waals surface area contributed by atoms with Crippen molar-refractivity contribution in [3.05, 3.63) is 30.1 Å². The van der Waals surface area contributed by atoms with Gasteiger partial charge >= 0.3 is 5.97 Å². The molecule has 7 N–H and O–H groups in total. The maximum Gasteiger partial charge on any atom is 0.322 e. The van der Waals surface area contributed by atoms with Gasteiger partial charge in [-0.1, -0.05) is 0 Å². The fourth-order valence-corrected chi connectivity index (χ4v) is 2.49. The molecule has 11 heteroatoms. The van der Waals surface area contributed by atoms with Crippen LogP contribution in [0.1, 0.15) is 12.8 Å². The van der Waals surface area contributed by atoms with Gasteiger partial charge in [0.25, 0.3) is 10.0 Å². The normalized spacial score (nSPS) is 12.6. The summed E-state index contributed by atoms with van der Waals surface area (Å²) in [6.45, 7) is 0.221. The Labute approximate surface area is 132 Å². The minimum Gasteiger partial charge on any atom is -0.480 e. The van der Waals surface area contributed by atoms with Crippen molar-refractivity contribution in [2.45, 2.75) is 23.8 Å². The molecule has 128 valence electrons. The predicted molar refractivity (Wildman–Crippen MR) is 81.2 cm³/mol. The highest BCUT2D eigenvalue weighted by atomic mass is 32.2. The van der Waals surface area contributed by atoms with Gasteiger partial charge in [-0.25, -0.2) is 18.2 Å². The lowest BCUT2D eigenvalue weighted by Gasteiger charge is -2.15. The van der Waals surface area contributed by atoms with Crippen LogP contribution >= 0.6 is 0 Å². The quantitative estimate of drug-likeness (QED) is 0.168. The van der Waals surface area contributed by atoms with Gasteiger partial charge in [0, 0.05) is 6.54 Å². The zero-order valence-corrected chi connectivity index (χ0v) is 12.9. The van der Waals surface area contributed by atoms with E-state index >= 15 is 0 Å². The van der Waals surface area contributed by atoms with E-state index in [-0.39, 0.29) is 23.8 Å². The predicted octanol–water partition coefficient (Wildman–Crippen LogP) is -0.885. The fraction of sp³-hybridized carbons (Fsp3) is 0.333. The van der Waals surface area contributed by atoms with Crippen LogP contribution in [-0.2, 0) is 14.8 Å². The number of aliphatic carboxylic acids is 1. The van der Waals surface area contributed by atoms with Gasteiger partial charge in [0.2, 0.25) is 0 Å². The number of nitrogens with two attached hydrogens (primary N) is 2. The second-order valence-electron chi connectivity index (χ2n) is 4.54. The van der Waals surface area contributed by atoms with E-state index in [9.17, 15) is 17.6 Å². The van der Waals surface area contributed by atoms with E-state index in [1.807, 2.05) is 4.83 Å². The molecular weight excluding hydrogens is 329 g/mol. The molecule has 0 heterocycles. The Balaban J connectivity index is 2.62. The van der Waals surface area contributed by atoms with Gasteiger partial charge in [0.05, 0.1) is 4.90 Å². The first-order chi connectivity index (χ1) is 10.7. The average molecular weight is 347 g/mol. The van der Waals surface area contributed by atoms with E-state index in [4.69, 9.17) is 16.6 Å². The summed E-state index contributed by atoms with van der Waals surface area (Å²) in [4.78, 5) is 16.6. The SMILES string of the molecule is NC(N)=NCCC[C@H](NNS(=O)(=O)c1ccc(F)cc1)C(=O)O. The Bertz CT molecular complexity index is 659. The molecule has 0 saturated carbocycles. The van der Waals surface area contributed by atoms with E-state index in [0.29, 0.717) is 6.42 Å². The molecule has 0 spiro atoms. The van der Waals surface area contributed by atoms with Crippen molar-refractivity contribution in [3.8, 4) is 0 Å². The van der Waals surface area contributed by atoms with Crippen LogP contribution in [0.25, 0.3) is 0 Å². The summed E-state index contributed by atoms with van der Waals surface area (Å²) in [5, 5.41) is 9.05. The molecule has 0 aliphatic heterocycles. The molecule has 0 aromatic heterocycles. The third kappa shape index (κ3) is 6.59. The molecule has 0 fully saturated rings. The first-order valence-corrected chi connectivity index (χ1v) is 8.02. The number of nitrogens with zero attached hydrogens (tertiary/aromatic N) is 1. The van der Waals surface area contributed by atoms with E-state index in [1.165, 1.54) is 0 Å². The zero-order valence-electron chi connectivity index (χ0n) is 12.1. The van der Waals surface area contributed by atoms with Crippen LogP contribution in [-0.4, -0.2) is 38.0 Å². The lowest BCUT2D eigenvalue weighted by molar-refractivity contribution is -0.139. The molecule has 0 radical (unpaired) electrons. The molecular formula is C12H18FN5O4S. The first-order valence-electron chi connectivity index (χ1n) is 6.53. The number of carboxylic acid groups (broad SMARTS) is 1. The lowest BCUT2D eigenvalue weighted by atomic mass is 10.2. The van der Waals surface area contributed by atoms with Crippen LogP contribution in [0.5, 0.6) is 0 Å². The molecule has 0 aliphatic rings. The summed E-state index contributed by atoms with van der Waals surface area (Å²) >= 11 is 0. The molecule has 1 atom stereocenters. The fourth-order valence-electron chi connectivity index (χ4n) is 1.58. The standard InChI is InChI=1S/C12H18FN5O4S/c13-8-3-5-9(6-4-8)23(21,22)18-17-10(11(19)20)2-1-7-16-12(14)15/h3-6,10,17-18H,1-2,7H2,(H,19,20)(H4,14,15,16)/t10-/m0/s1. The van der Waals surface area contributed by atoms with E-state index in [2.05, 4.69) is 10.4 Å². The highest BCUT2D eigenvalue weighted by molar-refractivity contribution is 7.89. The third-order valence-corrected chi connectivity index (χ3v) is 4.01. The number of aliphatic imine (C=N–C) groups is 1. The monoisotopic (exact) mass is 347 g/mol. The molecule has 0 bridgehead atoms. The smallest absolute Gasteiger partial charge is 0.322 e. The molecule has 1 rings (SSSR count). The van der Waals surface area contributed by atoms with Crippen LogP contribution in [0.15, 0.2) is 34.2 Å². The summed E-state index contributed by atoms with van der Waals surface area (Å²) in [5.74, 6) is -1.93. The summed E-state index contributed by atoms with van der Waals surface area (Å²) in [7, 11) is -4.01. The Hall–Kier alpha value is -2.24. The van der Waals surface area contributed by atoms with Gasteiger partial charge in [-0.05, 0) is 37.1 Å².